The summed E-state index contributed by atoms with van der Waals surface area (Å²) in [6, 6.07) is 16.8. The molecule has 0 bridgehead atoms. The molecule has 1 aliphatic heterocycles. The second-order valence-electron chi connectivity index (χ2n) is 6.27. The van der Waals surface area contributed by atoms with E-state index in [-0.39, 0.29) is 24.4 Å². The Morgan fingerprint density at radius 3 is 2.67 bits per heavy atom. The Balaban J connectivity index is 1.42. The zero-order valence-corrected chi connectivity index (χ0v) is 16.5. The molecule has 0 aliphatic carbocycles. The smallest absolute Gasteiger partial charge is 0.257 e. The predicted octanol–water partition coefficient (Wildman–Crippen LogP) is 3.03. The maximum absolute atomic E-state index is 12.8. The van der Waals surface area contributed by atoms with E-state index in [1.54, 1.807) is 60.7 Å². The average molecular weight is 423 g/mol. The Kier molecular flexibility index (Phi) is 5.71. The molecule has 1 aromatic heterocycles. The lowest BCUT2D eigenvalue weighted by molar-refractivity contribution is -0.645. The number of rotatable bonds is 6. The van der Waals surface area contributed by atoms with Crippen LogP contribution in [0.5, 0.6) is 11.5 Å². The first kappa shape index (κ1) is 19.6. The van der Waals surface area contributed by atoms with Crippen LogP contribution >= 0.6 is 11.8 Å². The summed E-state index contributed by atoms with van der Waals surface area (Å²) in [6.07, 6.45) is 1.37. The molecule has 0 fully saturated rings. The molecule has 2 amide bonds. The SMILES string of the molecule is O=C(CSc1cccc[n+]1[O-])Nc1ccccc1C(=O)Nc1ccc2c(c1)OCO2. The minimum Gasteiger partial charge on any atom is -0.618 e. The highest BCUT2D eigenvalue weighted by molar-refractivity contribution is 7.99. The maximum Gasteiger partial charge on any atom is 0.257 e. The van der Waals surface area contributed by atoms with Gasteiger partial charge in [-0.2, -0.15) is 4.73 Å². The fourth-order valence-electron chi connectivity index (χ4n) is 2.81. The Morgan fingerprint density at radius 2 is 1.80 bits per heavy atom. The molecule has 9 heteroatoms. The van der Waals surface area contributed by atoms with E-state index in [1.807, 2.05) is 0 Å². The molecule has 3 aromatic rings. The van der Waals surface area contributed by atoms with Gasteiger partial charge in [-0.05, 0) is 42.1 Å². The summed E-state index contributed by atoms with van der Waals surface area (Å²) in [5, 5.41) is 17.6. The van der Waals surface area contributed by atoms with Crippen LogP contribution in [0.1, 0.15) is 10.4 Å². The summed E-state index contributed by atoms with van der Waals surface area (Å²) < 4.78 is 11.3. The van der Waals surface area contributed by atoms with E-state index in [2.05, 4.69) is 10.6 Å². The highest BCUT2D eigenvalue weighted by Gasteiger charge is 2.17. The van der Waals surface area contributed by atoms with Crippen molar-refractivity contribution >= 4 is 35.0 Å². The summed E-state index contributed by atoms with van der Waals surface area (Å²) >= 11 is 1.11. The topological polar surface area (TPSA) is 104 Å². The Hall–Kier alpha value is -3.72. The first-order valence-corrected chi connectivity index (χ1v) is 9.99. The Morgan fingerprint density at radius 1 is 1.00 bits per heavy atom. The third kappa shape index (κ3) is 4.47. The quantitative estimate of drug-likeness (QED) is 0.359. The number of pyridine rings is 1. The van der Waals surface area contributed by atoms with Crippen LogP contribution in [0, 0.1) is 5.21 Å². The van der Waals surface area contributed by atoms with Crippen LogP contribution in [0.3, 0.4) is 0 Å². The zero-order valence-electron chi connectivity index (χ0n) is 15.7. The molecule has 0 radical (unpaired) electrons. The van der Waals surface area contributed by atoms with Crippen LogP contribution in [0.4, 0.5) is 11.4 Å². The van der Waals surface area contributed by atoms with Gasteiger partial charge in [0.2, 0.25) is 12.7 Å². The van der Waals surface area contributed by atoms with Gasteiger partial charge in [-0.3, -0.25) is 9.59 Å². The second kappa shape index (κ2) is 8.75. The largest absolute Gasteiger partial charge is 0.618 e. The van der Waals surface area contributed by atoms with Crippen molar-refractivity contribution in [1.29, 1.82) is 0 Å². The van der Waals surface area contributed by atoms with Crippen molar-refractivity contribution in [2.45, 2.75) is 5.03 Å². The molecular formula is C21H17N3O5S. The summed E-state index contributed by atoms with van der Waals surface area (Å²) in [4.78, 5) is 25.1. The van der Waals surface area contributed by atoms with Gasteiger partial charge in [0, 0.05) is 23.9 Å². The van der Waals surface area contributed by atoms with Crippen LogP contribution < -0.4 is 24.8 Å². The van der Waals surface area contributed by atoms with Crippen LogP contribution in [0.15, 0.2) is 71.9 Å². The van der Waals surface area contributed by atoms with Gasteiger partial charge in [0.05, 0.1) is 17.0 Å². The molecule has 8 nitrogen and oxygen atoms in total. The van der Waals surface area contributed by atoms with Crippen molar-refractivity contribution in [1.82, 2.24) is 0 Å². The predicted molar refractivity (Wildman–Crippen MR) is 112 cm³/mol. The number of hydrogen-bond acceptors (Lipinski definition) is 6. The molecule has 0 atom stereocenters. The van der Waals surface area contributed by atoms with Crippen molar-refractivity contribution in [2.24, 2.45) is 0 Å². The van der Waals surface area contributed by atoms with E-state index < -0.39 is 0 Å². The van der Waals surface area contributed by atoms with Gasteiger partial charge >= 0.3 is 0 Å². The summed E-state index contributed by atoms with van der Waals surface area (Å²) in [6.45, 7) is 0.148. The van der Waals surface area contributed by atoms with Gasteiger partial charge < -0.3 is 25.3 Å². The number of ether oxygens (including phenoxy) is 2. The van der Waals surface area contributed by atoms with Gasteiger partial charge in [0.1, 0.15) is 0 Å². The number of para-hydroxylation sites is 1. The number of carbonyl (C=O) groups is 2. The van der Waals surface area contributed by atoms with Crippen LogP contribution in [0.25, 0.3) is 0 Å². The third-order valence-electron chi connectivity index (χ3n) is 4.22. The summed E-state index contributed by atoms with van der Waals surface area (Å²) in [5.41, 5.74) is 1.24. The van der Waals surface area contributed by atoms with Crippen LogP contribution in [0.2, 0.25) is 0 Å². The average Bonchev–Trinajstić information content (AvgIpc) is 3.21. The van der Waals surface area contributed by atoms with E-state index >= 15 is 0 Å². The van der Waals surface area contributed by atoms with E-state index in [9.17, 15) is 14.8 Å². The van der Waals surface area contributed by atoms with E-state index in [4.69, 9.17) is 9.47 Å². The van der Waals surface area contributed by atoms with Crippen LogP contribution in [-0.4, -0.2) is 24.4 Å². The number of amides is 2. The molecule has 0 saturated heterocycles. The number of anilines is 2. The first-order chi connectivity index (χ1) is 14.6. The van der Waals surface area contributed by atoms with Crippen molar-refractivity contribution in [3.63, 3.8) is 0 Å². The lowest BCUT2D eigenvalue weighted by Crippen LogP contribution is -2.28. The third-order valence-corrected chi connectivity index (χ3v) is 5.23. The van der Waals surface area contributed by atoms with Crippen molar-refractivity contribution in [3.8, 4) is 11.5 Å². The van der Waals surface area contributed by atoms with Gasteiger partial charge in [-0.1, -0.05) is 12.1 Å². The van der Waals surface area contributed by atoms with Crippen LogP contribution in [-0.2, 0) is 4.79 Å². The van der Waals surface area contributed by atoms with E-state index in [1.165, 1.54) is 6.20 Å². The molecule has 2 aromatic carbocycles. The molecular weight excluding hydrogens is 406 g/mol. The number of nitrogens with one attached hydrogen (secondary N) is 2. The van der Waals surface area contributed by atoms with Crippen molar-refractivity contribution in [2.75, 3.05) is 23.2 Å². The molecule has 2 heterocycles. The normalized spacial score (nSPS) is 11.7. The lowest BCUT2D eigenvalue weighted by atomic mass is 10.1. The van der Waals surface area contributed by atoms with Gasteiger partial charge in [0.15, 0.2) is 17.7 Å². The molecule has 30 heavy (non-hydrogen) atoms. The zero-order chi connectivity index (χ0) is 20.9. The second-order valence-corrected chi connectivity index (χ2v) is 7.26. The molecule has 0 saturated carbocycles. The minimum atomic E-state index is -0.377. The number of nitrogens with zero attached hydrogens (tertiary/aromatic N) is 1. The number of hydrogen-bond donors (Lipinski definition) is 2. The van der Waals surface area contributed by atoms with E-state index in [0.29, 0.717) is 38.2 Å². The fraction of sp³-hybridized carbons (Fsp3) is 0.0952. The van der Waals surface area contributed by atoms with Gasteiger partial charge in [0.25, 0.3) is 10.9 Å². The Bertz CT molecular complexity index is 1110. The van der Waals surface area contributed by atoms with Crippen molar-refractivity contribution < 1.29 is 23.8 Å². The number of aromatic nitrogens is 1. The number of thioether (sulfide) groups is 1. The number of fused-ring (bicyclic) bond motifs is 1. The van der Waals surface area contributed by atoms with E-state index in [0.717, 1.165) is 11.8 Å². The standard InChI is InChI=1S/C21H17N3O5S/c25-19(12-30-20-7-3-4-10-24(20)27)23-16-6-2-1-5-15(16)21(26)22-14-8-9-17-18(11-14)29-13-28-17/h1-11H,12-13H2,(H,22,26)(H,23,25). The summed E-state index contributed by atoms with van der Waals surface area (Å²) in [7, 11) is 0. The maximum atomic E-state index is 12.8. The Labute approximate surface area is 176 Å². The molecule has 2 N–H and O–H groups in total. The molecule has 1 aliphatic rings. The minimum absolute atomic E-state index is 0.0321. The number of carbonyl (C=O) groups excluding carboxylic acids is 2. The molecule has 152 valence electrons. The first-order valence-electron chi connectivity index (χ1n) is 9.01. The summed E-state index contributed by atoms with van der Waals surface area (Å²) in [5.74, 6) is 0.508. The van der Waals surface area contributed by atoms with Crippen molar-refractivity contribution in [3.05, 3.63) is 77.6 Å². The highest BCUT2D eigenvalue weighted by Crippen LogP contribution is 2.34. The monoisotopic (exact) mass is 423 g/mol. The van der Waals surface area contributed by atoms with Gasteiger partial charge in [-0.15, -0.1) is 0 Å². The lowest BCUT2D eigenvalue weighted by Gasteiger charge is -2.12. The van der Waals surface area contributed by atoms with Gasteiger partial charge in [-0.25, -0.2) is 0 Å². The molecule has 4 rings (SSSR count). The molecule has 0 spiro atoms. The fourth-order valence-corrected chi connectivity index (χ4v) is 3.53. The number of benzene rings is 2. The highest BCUT2D eigenvalue weighted by atomic mass is 32.2. The molecule has 0 unspecified atom stereocenters.